The molecule has 1 atom stereocenters. The van der Waals surface area contributed by atoms with Gasteiger partial charge in [-0.1, -0.05) is 42.5 Å². The average molecular weight is 362 g/mol. The molecule has 0 radical (unpaired) electrons. The van der Waals surface area contributed by atoms with Crippen LogP contribution in [0.5, 0.6) is 5.88 Å². The zero-order valence-corrected chi connectivity index (χ0v) is 14.9. The van der Waals surface area contributed by atoms with Crippen LogP contribution in [-0.4, -0.2) is 17.5 Å². The van der Waals surface area contributed by atoms with E-state index >= 15 is 0 Å². The fourth-order valence-corrected chi connectivity index (χ4v) is 3.41. The SMILES string of the molecule is CC(=O)N1c2cc(Cc3ccc(F)cc3)cnc2OC[C@@H]1c1ccccc1. The number of carbonyl (C=O) groups excluding carboxylic acids is 1. The van der Waals surface area contributed by atoms with E-state index in [-0.39, 0.29) is 17.8 Å². The lowest BCUT2D eigenvalue weighted by atomic mass is 10.0. The molecule has 3 aromatic rings. The molecule has 1 aromatic heterocycles. The number of rotatable bonds is 3. The molecule has 0 bridgehead atoms. The van der Waals surface area contributed by atoms with Gasteiger partial charge >= 0.3 is 0 Å². The maximum Gasteiger partial charge on any atom is 0.238 e. The number of benzene rings is 2. The van der Waals surface area contributed by atoms with Crippen LogP contribution in [0, 0.1) is 5.82 Å². The Balaban J connectivity index is 1.69. The molecule has 1 aliphatic rings. The van der Waals surface area contributed by atoms with Crippen LogP contribution in [0.25, 0.3) is 0 Å². The Morgan fingerprint density at radius 1 is 1.15 bits per heavy atom. The summed E-state index contributed by atoms with van der Waals surface area (Å²) in [6.45, 7) is 1.92. The summed E-state index contributed by atoms with van der Waals surface area (Å²) in [4.78, 5) is 18.6. The zero-order valence-electron chi connectivity index (χ0n) is 14.9. The predicted octanol–water partition coefficient (Wildman–Crippen LogP) is 4.30. The van der Waals surface area contributed by atoms with Crippen molar-refractivity contribution in [2.75, 3.05) is 11.5 Å². The molecule has 4 rings (SSSR count). The van der Waals surface area contributed by atoms with Gasteiger partial charge in [-0.25, -0.2) is 9.37 Å². The number of amides is 1. The molecule has 5 heteroatoms. The first kappa shape index (κ1) is 17.2. The molecule has 136 valence electrons. The van der Waals surface area contributed by atoms with E-state index in [0.717, 1.165) is 16.7 Å². The number of halogens is 1. The Labute approximate surface area is 157 Å². The fraction of sp³-hybridized carbons (Fsp3) is 0.182. The van der Waals surface area contributed by atoms with Crippen molar-refractivity contribution in [3.63, 3.8) is 0 Å². The largest absolute Gasteiger partial charge is 0.474 e. The van der Waals surface area contributed by atoms with E-state index < -0.39 is 0 Å². The maximum atomic E-state index is 13.1. The van der Waals surface area contributed by atoms with Gasteiger partial charge in [-0.05, 0) is 41.3 Å². The van der Waals surface area contributed by atoms with Crippen LogP contribution in [0.1, 0.15) is 29.7 Å². The molecular formula is C22H19FN2O2. The van der Waals surface area contributed by atoms with Crippen molar-refractivity contribution in [1.29, 1.82) is 0 Å². The number of pyridine rings is 1. The molecule has 0 fully saturated rings. The summed E-state index contributed by atoms with van der Waals surface area (Å²) in [5.74, 6) is 0.138. The first-order chi connectivity index (χ1) is 13.1. The third-order valence-electron chi connectivity index (χ3n) is 4.68. The summed E-state index contributed by atoms with van der Waals surface area (Å²) >= 11 is 0. The van der Waals surface area contributed by atoms with Crippen molar-refractivity contribution in [2.24, 2.45) is 0 Å². The van der Waals surface area contributed by atoms with E-state index in [2.05, 4.69) is 4.98 Å². The van der Waals surface area contributed by atoms with Gasteiger partial charge in [0.2, 0.25) is 11.8 Å². The van der Waals surface area contributed by atoms with Gasteiger partial charge < -0.3 is 4.74 Å². The standard InChI is InChI=1S/C22H19FN2O2/c1-15(26)25-20-12-17(11-16-7-9-19(23)10-8-16)13-24-22(20)27-14-21(25)18-5-3-2-4-6-18/h2-10,12-13,21H,11,14H2,1H3/t21-/m1/s1. The van der Waals surface area contributed by atoms with Gasteiger partial charge in [0, 0.05) is 13.1 Å². The number of hydrogen-bond donors (Lipinski definition) is 0. The third kappa shape index (κ3) is 3.53. The van der Waals surface area contributed by atoms with Gasteiger partial charge in [0.15, 0.2) is 0 Å². The van der Waals surface area contributed by atoms with Gasteiger partial charge in [-0.2, -0.15) is 0 Å². The Morgan fingerprint density at radius 3 is 2.59 bits per heavy atom. The summed E-state index contributed by atoms with van der Waals surface area (Å²) in [6, 6.07) is 18.0. The normalized spacial score (nSPS) is 15.8. The van der Waals surface area contributed by atoms with Crippen molar-refractivity contribution >= 4 is 11.6 Å². The number of ether oxygens (including phenoxy) is 1. The first-order valence-electron chi connectivity index (χ1n) is 8.83. The molecule has 27 heavy (non-hydrogen) atoms. The number of aromatic nitrogens is 1. The van der Waals surface area contributed by atoms with Crippen molar-refractivity contribution in [2.45, 2.75) is 19.4 Å². The predicted molar refractivity (Wildman–Crippen MR) is 101 cm³/mol. The van der Waals surface area contributed by atoms with E-state index in [1.165, 1.54) is 12.1 Å². The van der Waals surface area contributed by atoms with E-state index in [4.69, 9.17) is 4.74 Å². The Bertz CT molecular complexity index is 958. The highest BCUT2D eigenvalue weighted by Gasteiger charge is 2.32. The monoisotopic (exact) mass is 362 g/mol. The highest BCUT2D eigenvalue weighted by Crippen LogP contribution is 2.38. The van der Waals surface area contributed by atoms with E-state index in [1.54, 1.807) is 30.2 Å². The lowest BCUT2D eigenvalue weighted by molar-refractivity contribution is -0.117. The highest BCUT2D eigenvalue weighted by atomic mass is 19.1. The van der Waals surface area contributed by atoms with Crippen molar-refractivity contribution in [1.82, 2.24) is 4.98 Å². The van der Waals surface area contributed by atoms with Crippen LogP contribution in [0.15, 0.2) is 66.9 Å². The number of hydrogen-bond acceptors (Lipinski definition) is 3. The molecule has 0 saturated heterocycles. The maximum absolute atomic E-state index is 13.1. The summed E-state index contributed by atoms with van der Waals surface area (Å²) in [6.07, 6.45) is 2.34. The lowest BCUT2D eigenvalue weighted by Gasteiger charge is -2.36. The third-order valence-corrected chi connectivity index (χ3v) is 4.68. The van der Waals surface area contributed by atoms with Gasteiger partial charge in [0.25, 0.3) is 0 Å². The fourth-order valence-electron chi connectivity index (χ4n) is 3.41. The van der Waals surface area contributed by atoms with Gasteiger partial charge in [-0.15, -0.1) is 0 Å². The Kier molecular flexibility index (Phi) is 4.59. The van der Waals surface area contributed by atoms with E-state index in [0.29, 0.717) is 24.6 Å². The van der Waals surface area contributed by atoms with Crippen molar-refractivity contribution < 1.29 is 13.9 Å². The van der Waals surface area contributed by atoms with Crippen LogP contribution in [0.2, 0.25) is 0 Å². The molecule has 1 amide bonds. The Hall–Kier alpha value is -3.21. The van der Waals surface area contributed by atoms with Crippen LogP contribution in [-0.2, 0) is 11.2 Å². The minimum atomic E-state index is -0.260. The average Bonchev–Trinajstić information content (AvgIpc) is 2.69. The molecule has 0 saturated carbocycles. The molecule has 2 heterocycles. The number of fused-ring (bicyclic) bond motifs is 1. The molecule has 1 aliphatic heterocycles. The second-order valence-electron chi connectivity index (χ2n) is 6.60. The molecule has 0 unspecified atom stereocenters. The lowest BCUT2D eigenvalue weighted by Crippen LogP contribution is -2.40. The van der Waals surface area contributed by atoms with Crippen molar-refractivity contribution in [3.8, 4) is 5.88 Å². The van der Waals surface area contributed by atoms with Crippen LogP contribution < -0.4 is 9.64 Å². The highest BCUT2D eigenvalue weighted by molar-refractivity contribution is 5.94. The first-order valence-corrected chi connectivity index (χ1v) is 8.83. The molecular weight excluding hydrogens is 343 g/mol. The Morgan fingerprint density at radius 2 is 1.89 bits per heavy atom. The number of nitrogens with zero attached hydrogens (tertiary/aromatic N) is 2. The summed E-state index contributed by atoms with van der Waals surface area (Å²) in [7, 11) is 0. The summed E-state index contributed by atoms with van der Waals surface area (Å²) in [5, 5.41) is 0. The van der Waals surface area contributed by atoms with Crippen LogP contribution >= 0.6 is 0 Å². The zero-order chi connectivity index (χ0) is 18.8. The van der Waals surface area contributed by atoms with E-state index in [1.807, 2.05) is 36.4 Å². The summed E-state index contributed by atoms with van der Waals surface area (Å²) in [5.41, 5.74) is 3.59. The molecule has 4 nitrogen and oxygen atoms in total. The minimum Gasteiger partial charge on any atom is -0.474 e. The number of carbonyl (C=O) groups is 1. The molecule has 2 aromatic carbocycles. The van der Waals surface area contributed by atoms with Crippen molar-refractivity contribution in [3.05, 3.63) is 89.4 Å². The quantitative estimate of drug-likeness (QED) is 0.698. The number of anilines is 1. The van der Waals surface area contributed by atoms with E-state index in [9.17, 15) is 9.18 Å². The van der Waals surface area contributed by atoms with Gasteiger partial charge in [-0.3, -0.25) is 9.69 Å². The smallest absolute Gasteiger partial charge is 0.238 e. The topological polar surface area (TPSA) is 42.4 Å². The van der Waals surface area contributed by atoms with Crippen LogP contribution in [0.4, 0.5) is 10.1 Å². The second kappa shape index (κ2) is 7.19. The minimum absolute atomic E-state index is 0.0610. The summed E-state index contributed by atoms with van der Waals surface area (Å²) < 4.78 is 19.0. The molecule has 0 spiro atoms. The molecule has 0 N–H and O–H groups in total. The van der Waals surface area contributed by atoms with Gasteiger partial charge in [0.05, 0.1) is 6.04 Å². The van der Waals surface area contributed by atoms with Gasteiger partial charge in [0.1, 0.15) is 18.1 Å². The second-order valence-corrected chi connectivity index (χ2v) is 6.60. The van der Waals surface area contributed by atoms with Crippen LogP contribution in [0.3, 0.4) is 0 Å². The molecule has 0 aliphatic carbocycles.